The second-order valence-corrected chi connectivity index (χ2v) is 5.19. The van der Waals surface area contributed by atoms with Crippen LogP contribution in [0.5, 0.6) is 0 Å². The van der Waals surface area contributed by atoms with E-state index >= 15 is 0 Å². The fraction of sp³-hybridized carbons (Fsp3) is 0.588. The summed E-state index contributed by atoms with van der Waals surface area (Å²) in [4.78, 5) is 11.1. The summed E-state index contributed by atoms with van der Waals surface area (Å²) in [6.07, 6.45) is 2.05. The van der Waals surface area contributed by atoms with Gasteiger partial charge in [0.15, 0.2) is 6.10 Å². The molecule has 0 heterocycles. The van der Waals surface area contributed by atoms with Crippen molar-refractivity contribution in [3.63, 3.8) is 0 Å². The molecule has 0 amide bonds. The molecule has 0 fully saturated rings. The Kier molecular flexibility index (Phi) is 8.74. The van der Waals surface area contributed by atoms with Crippen LogP contribution in [0.15, 0.2) is 30.3 Å². The molecule has 0 aromatic heterocycles. The van der Waals surface area contributed by atoms with Crippen LogP contribution in [0.1, 0.15) is 37.4 Å². The molecule has 3 atom stereocenters. The van der Waals surface area contributed by atoms with Crippen LogP contribution in [0.25, 0.3) is 0 Å². The van der Waals surface area contributed by atoms with Crippen molar-refractivity contribution in [1.82, 2.24) is 0 Å². The number of hydrogen-bond acceptors (Lipinski definition) is 4. The Balaban J connectivity index is 2.41. The summed E-state index contributed by atoms with van der Waals surface area (Å²) in [6, 6.07) is 10.1. The molecule has 0 bridgehead atoms. The standard InChI is InChI=1S/C17H26O5/c1-20-14(13-9-5-4-6-10-13)11-7-8-12-15(21-2)16(22-3)17(18)19/h4-6,9-10,14-16H,7-8,11-12H2,1-3H3,(H,18,19)/t14-,15+,16+/m1/s1. The number of rotatable bonds is 11. The third-order valence-electron chi connectivity index (χ3n) is 3.80. The summed E-state index contributed by atoms with van der Waals surface area (Å²) in [5, 5.41) is 9.08. The Labute approximate surface area is 132 Å². The van der Waals surface area contributed by atoms with Gasteiger partial charge in [0.05, 0.1) is 12.2 Å². The fourth-order valence-corrected chi connectivity index (χ4v) is 2.57. The van der Waals surface area contributed by atoms with Gasteiger partial charge in [-0.3, -0.25) is 0 Å². The summed E-state index contributed by atoms with van der Waals surface area (Å²) in [5.74, 6) is -0.992. The summed E-state index contributed by atoms with van der Waals surface area (Å²) < 4.78 is 15.8. The van der Waals surface area contributed by atoms with Crippen LogP contribution < -0.4 is 0 Å². The van der Waals surface area contributed by atoms with Gasteiger partial charge in [-0.25, -0.2) is 4.79 Å². The highest BCUT2D eigenvalue weighted by Crippen LogP contribution is 2.23. The molecule has 1 rings (SSSR count). The lowest BCUT2D eigenvalue weighted by Gasteiger charge is -2.22. The summed E-state index contributed by atoms with van der Waals surface area (Å²) in [6.45, 7) is 0. The van der Waals surface area contributed by atoms with Gasteiger partial charge in [-0.1, -0.05) is 43.2 Å². The van der Waals surface area contributed by atoms with Crippen molar-refractivity contribution >= 4 is 5.97 Å². The molecule has 124 valence electrons. The first-order chi connectivity index (χ1) is 10.6. The molecule has 1 aromatic carbocycles. The van der Waals surface area contributed by atoms with Crippen molar-refractivity contribution < 1.29 is 24.1 Å². The van der Waals surface area contributed by atoms with Crippen molar-refractivity contribution in [3.8, 4) is 0 Å². The van der Waals surface area contributed by atoms with E-state index in [2.05, 4.69) is 12.1 Å². The molecule has 0 spiro atoms. The monoisotopic (exact) mass is 310 g/mol. The van der Waals surface area contributed by atoms with E-state index < -0.39 is 18.2 Å². The predicted molar refractivity (Wildman–Crippen MR) is 83.9 cm³/mol. The minimum absolute atomic E-state index is 0.0693. The van der Waals surface area contributed by atoms with Gasteiger partial charge in [0.2, 0.25) is 0 Å². The molecule has 1 N–H and O–H groups in total. The topological polar surface area (TPSA) is 65.0 Å². The number of ether oxygens (including phenoxy) is 3. The number of aliphatic carboxylic acids is 1. The Morgan fingerprint density at radius 2 is 1.64 bits per heavy atom. The highest BCUT2D eigenvalue weighted by atomic mass is 16.5. The van der Waals surface area contributed by atoms with Crippen LogP contribution in [-0.2, 0) is 19.0 Å². The van der Waals surface area contributed by atoms with Crippen LogP contribution in [0.2, 0.25) is 0 Å². The maximum Gasteiger partial charge on any atom is 0.335 e. The van der Waals surface area contributed by atoms with E-state index in [1.54, 1.807) is 7.11 Å². The molecule has 0 aliphatic heterocycles. The molecule has 5 heteroatoms. The van der Waals surface area contributed by atoms with Gasteiger partial charge in [0, 0.05) is 21.3 Å². The van der Waals surface area contributed by atoms with E-state index in [0.717, 1.165) is 24.8 Å². The van der Waals surface area contributed by atoms with E-state index in [-0.39, 0.29) is 6.10 Å². The lowest BCUT2D eigenvalue weighted by atomic mass is 10.0. The molecule has 0 aliphatic rings. The fourth-order valence-electron chi connectivity index (χ4n) is 2.57. The predicted octanol–water partition coefficient (Wildman–Crippen LogP) is 3.05. The maximum absolute atomic E-state index is 11.1. The van der Waals surface area contributed by atoms with E-state index in [1.807, 2.05) is 18.2 Å². The molecular formula is C17H26O5. The summed E-state index contributed by atoms with van der Waals surface area (Å²) in [7, 11) is 4.61. The lowest BCUT2D eigenvalue weighted by Crippen LogP contribution is -2.37. The summed E-state index contributed by atoms with van der Waals surface area (Å²) in [5.41, 5.74) is 1.16. The van der Waals surface area contributed by atoms with E-state index in [4.69, 9.17) is 19.3 Å². The van der Waals surface area contributed by atoms with Crippen molar-refractivity contribution in [2.24, 2.45) is 0 Å². The Hall–Kier alpha value is -1.43. The largest absolute Gasteiger partial charge is 0.479 e. The Morgan fingerprint density at radius 3 is 2.14 bits per heavy atom. The molecular weight excluding hydrogens is 284 g/mol. The van der Waals surface area contributed by atoms with Gasteiger partial charge in [0.25, 0.3) is 0 Å². The quantitative estimate of drug-likeness (QED) is 0.636. The molecule has 1 aromatic rings. The van der Waals surface area contributed by atoms with Crippen LogP contribution in [0.4, 0.5) is 0 Å². The molecule has 0 unspecified atom stereocenters. The minimum Gasteiger partial charge on any atom is -0.479 e. The van der Waals surface area contributed by atoms with Crippen LogP contribution in [0, 0.1) is 0 Å². The van der Waals surface area contributed by atoms with Crippen LogP contribution in [0.3, 0.4) is 0 Å². The zero-order valence-electron chi connectivity index (χ0n) is 13.5. The number of carbonyl (C=O) groups is 1. The van der Waals surface area contributed by atoms with E-state index in [9.17, 15) is 4.79 Å². The van der Waals surface area contributed by atoms with Crippen molar-refractivity contribution in [3.05, 3.63) is 35.9 Å². The number of carboxylic acids is 1. The molecule has 22 heavy (non-hydrogen) atoms. The first-order valence-corrected chi connectivity index (χ1v) is 7.50. The number of methoxy groups -OCH3 is 3. The second-order valence-electron chi connectivity index (χ2n) is 5.19. The Morgan fingerprint density at radius 1 is 1.00 bits per heavy atom. The van der Waals surface area contributed by atoms with Crippen molar-refractivity contribution in [1.29, 1.82) is 0 Å². The maximum atomic E-state index is 11.1. The number of unbranched alkanes of at least 4 members (excludes halogenated alkanes) is 1. The Bertz CT molecular complexity index is 420. The van der Waals surface area contributed by atoms with E-state index in [1.165, 1.54) is 14.2 Å². The summed E-state index contributed by atoms with van der Waals surface area (Å²) >= 11 is 0. The van der Waals surface area contributed by atoms with E-state index in [0.29, 0.717) is 6.42 Å². The average molecular weight is 310 g/mol. The van der Waals surface area contributed by atoms with Gasteiger partial charge < -0.3 is 19.3 Å². The molecule has 0 aliphatic carbocycles. The first kappa shape index (κ1) is 18.6. The van der Waals surface area contributed by atoms with Gasteiger partial charge in [-0.05, 0) is 18.4 Å². The smallest absolute Gasteiger partial charge is 0.335 e. The van der Waals surface area contributed by atoms with Crippen LogP contribution >= 0.6 is 0 Å². The zero-order chi connectivity index (χ0) is 16.4. The highest BCUT2D eigenvalue weighted by Gasteiger charge is 2.27. The highest BCUT2D eigenvalue weighted by molar-refractivity contribution is 5.73. The average Bonchev–Trinajstić information content (AvgIpc) is 2.54. The molecule has 5 nitrogen and oxygen atoms in total. The van der Waals surface area contributed by atoms with Gasteiger partial charge in [-0.2, -0.15) is 0 Å². The molecule has 0 saturated carbocycles. The SMILES string of the molecule is CO[C@@H](CCCC[C@@H](OC)c1ccccc1)[C@H](OC)C(=O)O. The first-order valence-electron chi connectivity index (χ1n) is 7.50. The third kappa shape index (κ3) is 5.75. The number of hydrogen-bond donors (Lipinski definition) is 1. The number of benzene rings is 1. The number of carboxylic acid groups (broad SMARTS) is 1. The third-order valence-corrected chi connectivity index (χ3v) is 3.80. The molecule has 0 saturated heterocycles. The molecule has 0 radical (unpaired) electrons. The lowest BCUT2D eigenvalue weighted by molar-refractivity contribution is -0.157. The zero-order valence-corrected chi connectivity index (χ0v) is 13.5. The van der Waals surface area contributed by atoms with Crippen LogP contribution in [-0.4, -0.2) is 44.6 Å². The van der Waals surface area contributed by atoms with Crippen molar-refractivity contribution in [2.75, 3.05) is 21.3 Å². The normalized spacial score (nSPS) is 15.2. The van der Waals surface area contributed by atoms with Gasteiger partial charge in [0.1, 0.15) is 0 Å². The van der Waals surface area contributed by atoms with Gasteiger partial charge in [-0.15, -0.1) is 0 Å². The minimum atomic E-state index is -0.992. The van der Waals surface area contributed by atoms with Crippen molar-refractivity contribution in [2.45, 2.75) is 44.0 Å². The van der Waals surface area contributed by atoms with Gasteiger partial charge >= 0.3 is 5.97 Å². The second kappa shape index (κ2) is 10.3.